The summed E-state index contributed by atoms with van der Waals surface area (Å²) in [5.41, 5.74) is 1.20. The van der Waals surface area contributed by atoms with Crippen LogP contribution in [0.2, 0.25) is 0 Å². The van der Waals surface area contributed by atoms with Crippen molar-refractivity contribution in [2.75, 3.05) is 13.2 Å². The molecule has 0 atom stereocenters. The number of aromatic amines is 1. The molecule has 1 N–H and O–H groups in total. The van der Waals surface area contributed by atoms with E-state index in [1.54, 1.807) is 38.1 Å². The molecule has 0 unspecified atom stereocenters. The SMILES string of the molecule is CCOC(=O)Cc1[nH]c2ccccc2c1C(=O)C(=O)OCC. The molecule has 0 fully saturated rings. The number of para-hydroxylation sites is 1. The van der Waals surface area contributed by atoms with E-state index in [0.29, 0.717) is 16.6 Å². The molecule has 0 amide bonds. The number of hydrogen-bond acceptors (Lipinski definition) is 5. The van der Waals surface area contributed by atoms with Crippen molar-refractivity contribution in [3.05, 3.63) is 35.5 Å². The first-order valence-electron chi connectivity index (χ1n) is 7.05. The standard InChI is InChI=1S/C16H17NO5/c1-3-21-13(18)9-12-14(15(19)16(20)22-4-2)10-7-5-6-8-11(10)17-12/h5-8,17H,3-4,9H2,1-2H3. The normalized spacial score (nSPS) is 10.5. The second kappa shape index (κ2) is 6.89. The molecule has 0 saturated carbocycles. The molecule has 0 aliphatic carbocycles. The molecule has 116 valence electrons. The van der Waals surface area contributed by atoms with Gasteiger partial charge in [-0.25, -0.2) is 4.79 Å². The van der Waals surface area contributed by atoms with Gasteiger partial charge in [0.25, 0.3) is 5.78 Å². The monoisotopic (exact) mass is 303 g/mol. The van der Waals surface area contributed by atoms with Crippen LogP contribution in [0.3, 0.4) is 0 Å². The first kappa shape index (κ1) is 15.8. The quantitative estimate of drug-likeness (QED) is 0.501. The molecule has 2 rings (SSSR count). The van der Waals surface area contributed by atoms with Crippen LogP contribution in [0.25, 0.3) is 10.9 Å². The number of rotatable bonds is 6. The van der Waals surface area contributed by atoms with Crippen molar-refractivity contribution in [3.8, 4) is 0 Å². The van der Waals surface area contributed by atoms with Crippen LogP contribution in [0.5, 0.6) is 0 Å². The van der Waals surface area contributed by atoms with Crippen molar-refractivity contribution in [3.63, 3.8) is 0 Å². The second-order valence-electron chi connectivity index (χ2n) is 4.56. The molecule has 6 nitrogen and oxygen atoms in total. The number of nitrogens with one attached hydrogen (secondary N) is 1. The van der Waals surface area contributed by atoms with E-state index in [1.807, 2.05) is 0 Å². The van der Waals surface area contributed by atoms with Crippen LogP contribution in [0.15, 0.2) is 24.3 Å². The minimum atomic E-state index is -0.933. The van der Waals surface area contributed by atoms with E-state index in [9.17, 15) is 14.4 Å². The highest BCUT2D eigenvalue weighted by Crippen LogP contribution is 2.24. The molecule has 0 aliphatic rings. The van der Waals surface area contributed by atoms with Gasteiger partial charge >= 0.3 is 11.9 Å². The van der Waals surface area contributed by atoms with Crippen molar-refractivity contribution in [1.29, 1.82) is 0 Å². The van der Waals surface area contributed by atoms with E-state index in [-0.39, 0.29) is 25.2 Å². The molecule has 1 heterocycles. The first-order chi connectivity index (χ1) is 10.6. The predicted octanol–water partition coefficient (Wildman–Crippen LogP) is 2.02. The fraction of sp³-hybridized carbons (Fsp3) is 0.312. The molecular formula is C16H17NO5. The van der Waals surface area contributed by atoms with Gasteiger partial charge in [-0.05, 0) is 19.9 Å². The summed E-state index contributed by atoms with van der Waals surface area (Å²) in [7, 11) is 0. The fourth-order valence-corrected chi connectivity index (χ4v) is 2.24. The Morgan fingerprint density at radius 3 is 2.41 bits per heavy atom. The molecule has 22 heavy (non-hydrogen) atoms. The minimum absolute atomic E-state index is 0.108. The van der Waals surface area contributed by atoms with Crippen LogP contribution < -0.4 is 0 Å². The summed E-state index contributed by atoms with van der Waals surface area (Å²) in [6.07, 6.45) is -0.108. The van der Waals surface area contributed by atoms with E-state index in [0.717, 1.165) is 0 Å². The highest BCUT2D eigenvalue weighted by Gasteiger charge is 2.26. The van der Waals surface area contributed by atoms with E-state index in [4.69, 9.17) is 9.47 Å². The van der Waals surface area contributed by atoms with Gasteiger partial charge in [-0.15, -0.1) is 0 Å². The maximum absolute atomic E-state index is 12.3. The summed E-state index contributed by atoms with van der Waals surface area (Å²) < 4.78 is 9.66. The van der Waals surface area contributed by atoms with Crippen molar-refractivity contribution >= 4 is 28.6 Å². The van der Waals surface area contributed by atoms with Gasteiger partial charge in [-0.2, -0.15) is 0 Å². The number of esters is 2. The number of H-pyrrole nitrogens is 1. The van der Waals surface area contributed by atoms with Gasteiger partial charge in [0.2, 0.25) is 0 Å². The Morgan fingerprint density at radius 2 is 1.73 bits per heavy atom. The molecule has 0 aliphatic heterocycles. The van der Waals surface area contributed by atoms with Crippen LogP contribution in [0.4, 0.5) is 0 Å². The number of carbonyl (C=O) groups excluding carboxylic acids is 3. The van der Waals surface area contributed by atoms with Gasteiger partial charge < -0.3 is 14.5 Å². The van der Waals surface area contributed by atoms with E-state index in [2.05, 4.69) is 4.98 Å². The number of carbonyl (C=O) groups is 3. The Bertz CT molecular complexity index is 716. The van der Waals surface area contributed by atoms with Crippen LogP contribution in [0.1, 0.15) is 29.9 Å². The minimum Gasteiger partial charge on any atom is -0.466 e. The zero-order valence-electron chi connectivity index (χ0n) is 12.5. The lowest BCUT2D eigenvalue weighted by Crippen LogP contribution is -2.20. The summed E-state index contributed by atoms with van der Waals surface area (Å²) in [6, 6.07) is 7.04. The lowest BCUT2D eigenvalue weighted by molar-refractivity contribution is -0.142. The van der Waals surface area contributed by atoms with Crippen LogP contribution in [0, 0.1) is 0 Å². The molecule has 2 aromatic rings. The average molecular weight is 303 g/mol. The van der Waals surface area contributed by atoms with E-state index >= 15 is 0 Å². The number of hydrogen-bond donors (Lipinski definition) is 1. The largest absolute Gasteiger partial charge is 0.466 e. The fourth-order valence-electron chi connectivity index (χ4n) is 2.24. The summed E-state index contributed by atoms with van der Waals surface area (Å²) in [5, 5.41) is 0.583. The Labute approximate surface area is 127 Å². The van der Waals surface area contributed by atoms with E-state index in [1.165, 1.54) is 0 Å². The molecule has 6 heteroatoms. The summed E-state index contributed by atoms with van der Waals surface area (Å²) in [6.45, 7) is 3.69. The molecule has 0 saturated heterocycles. The third kappa shape index (κ3) is 3.16. The summed E-state index contributed by atoms with van der Waals surface area (Å²) >= 11 is 0. The summed E-state index contributed by atoms with van der Waals surface area (Å²) in [4.78, 5) is 38.8. The zero-order chi connectivity index (χ0) is 16.1. The molecular weight excluding hydrogens is 286 g/mol. The van der Waals surface area contributed by atoms with E-state index < -0.39 is 17.7 Å². The number of fused-ring (bicyclic) bond motifs is 1. The Morgan fingerprint density at radius 1 is 1.05 bits per heavy atom. The smallest absolute Gasteiger partial charge is 0.379 e. The summed E-state index contributed by atoms with van der Waals surface area (Å²) in [5.74, 6) is -2.16. The van der Waals surface area contributed by atoms with Crippen molar-refractivity contribution in [1.82, 2.24) is 4.98 Å². The lowest BCUT2D eigenvalue weighted by atomic mass is 10.0. The van der Waals surface area contributed by atoms with Gasteiger partial charge in [-0.1, -0.05) is 18.2 Å². The number of benzene rings is 1. The molecule has 1 aromatic carbocycles. The van der Waals surface area contributed by atoms with Crippen LogP contribution in [-0.4, -0.2) is 35.9 Å². The molecule has 1 aromatic heterocycles. The Hall–Kier alpha value is -2.63. The van der Waals surface area contributed by atoms with Gasteiger partial charge in [0.1, 0.15) is 0 Å². The second-order valence-corrected chi connectivity index (χ2v) is 4.56. The van der Waals surface area contributed by atoms with Crippen molar-refractivity contribution in [2.45, 2.75) is 20.3 Å². The topological polar surface area (TPSA) is 85.5 Å². The maximum Gasteiger partial charge on any atom is 0.379 e. The number of Topliss-reactive ketones (excluding diaryl/α,β-unsaturated/α-hetero) is 1. The van der Waals surface area contributed by atoms with Gasteiger partial charge in [0.05, 0.1) is 25.2 Å². The number of ether oxygens (including phenoxy) is 2. The van der Waals surface area contributed by atoms with Crippen molar-refractivity contribution in [2.24, 2.45) is 0 Å². The highest BCUT2D eigenvalue weighted by atomic mass is 16.5. The maximum atomic E-state index is 12.3. The average Bonchev–Trinajstić information content (AvgIpc) is 2.84. The van der Waals surface area contributed by atoms with Gasteiger partial charge in [0.15, 0.2) is 0 Å². The molecule has 0 spiro atoms. The zero-order valence-corrected chi connectivity index (χ0v) is 12.5. The Kier molecular flexibility index (Phi) is 4.93. The number of aromatic nitrogens is 1. The third-order valence-corrected chi connectivity index (χ3v) is 3.10. The van der Waals surface area contributed by atoms with Crippen molar-refractivity contribution < 1.29 is 23.9 Å². The Balaban J connectivity index is 2.46. The number of ketones is 1. The van der Waals surface area contributed by atoms with Crippen LogP contribution >= 0.6 is 0 Å². The molecule has 0 bridgehead atoms. The highest BCUT2D eigenvalue weighted by molar-refractivity contribution is 6.43. The van der Waals surface area contributed by atoms with Gasteiger partial charge in [-0.3, -0.25) is 9.59 Å². The predicted molar refractivity (Wildman–Crippen MR) is 79.6 cm³/mol. The lowest BCUT2D eigenvalue weighted by Gasteiger charge is -2.04. The van der Waals surface area contributed by atoms with Gasteiger partial charge in [0, 0.05) is 16.6 Å². The van der Waals surface area contributed by atoms with Crippen LogP contribution in [-0.2, 0) is 25.5 Å². The third-order valence-electron chi connectivity index (χ3n) is 3.10. The molecule has 0 radical (unpaired) electrons. The first-order valence-corrected chi connectivity index (χ1v) is 7.05.